The molecule has 0 saturated carbocycles. The van der Waals surface area contributed by atoms with Gasteiger partial charge in [0.15, 0.2) is 0 Å². The van der Waals surface area contributed by atoms with Crippen LogP contribution in [-0.4, -0.2) is 39.3 Å². The van der Waals surface area contributed by atoms with E-state index < -0.39 is 0 Å². The van der Waals surface area contributed by atoms with Crippen molar-refractivity contribution in [3.05, 3.63) is 51.9 Å². The first-order valence-electron chi connectivity index (χ1n) is 3.80. The summed E-state index contributed by atoms with van der Waals surface area (Å²) in [5.74, 6) is 0. The molecule has 0 atom stereocenters. The van der Waals surface area contributed by atoms with Crippen LogP contribution in [0.4, 0.5) is 0 Å². The first-order chi connectivity index (χ1) is 6.27. The number of hydrogen-bond donors (Lipinski definition) is 1. The second kappa shape index (κ2) is 4.84. The number of nitrogens with zero attached hydrogens (tertiary/aromatic N) is 1. The van der Waals surface area contributed by atoms with Crippen LogP contribution in [0.15, 0.2) is 41.3 Å². The molecule has 14 heavy (non-hydrogen) atoms. The fourth-order valence-corrected chi connectivity index (χ4v) is 1.23. The van der Waals surface area contributed by atoms with E-state index in [-0.39, 0.29) is 40.1 Å². The number of hydrogen-bond acceptors (Lipinski definition) is 1. The molecule has 3 nitrogen and oxygen atoms in total. The van der Waals surface area contributed by atoms with Crippen molar-refractivity contribution in [1.82, 2.24) is 9.78 Å². The van der Waals surface area contributed by atoms with Gasteiger partial charge in [0.1, 0.15) is 5.02 Å². The summed E-state index contributed by atoms with van der Waals surface area (Å²) in [6.07, 6.45) is 1.55. The van der Waals surface area contributed by atoms with Crippen LogP contribution in [0, 0.1) is 0 Å². The third-order valence-corrected chi connectivity index (χ3v) is 1.98. The van der Waals surface area contributed by atoms with Gasteiger partial charge in [0.2, 0.25) is 0 Å². The van der Waals surface area contributed by atoms with Crippen LogP contribution < -0.4 is 5.56 Å². The standard InChI is InChI=1S/C9H7ClN2O.Na/c10-8-6-12(11-9(8)13)7-4-2-1-3-5-7;/h1-6H,(H,11,13);. The summed E-state index contributed by atoms with van der Waals surface area (Å²) in [7, 11) is 0. The van der Waals surface area contributed by atoms with Crippen molar-refractivity contribution in [2.24, 2.45) is 0 Å². The Bertz CT molecular complexity index is 463. The maximum atomic E-state index is 11.0. The summed E-state index contributed by atoms with van der Waals surface area (Å²) < 4.78 is 1.59. The second-order valence-corrected chi connectivity index (χ2v) is 3.03. The van der Waals surface area contributed by atoms with E-state index in [2.05, 4.69) is 5.10 Å². The normalized spacial score (nSPS) is 9.50. The van der Waals surface area contributed by atoms with Crippen LogP contribution in [0.1, 0.15) is 0 Å². The van der Waals surface area contributed by atoms with E-state index in [1.165, 1.54) is 0 Å². The smallest absolute Gasteiger partial charge is 0.266 e. The molecule has 0 fully saturated rings. The Morgan fingerprint density at radius 1 is 1.21 bits per heavy atom. The van der Waals surface area contributed by atoms with Gasteiger partial charge in [-0.05, 0) is 12.1 Å². The zero-order valence-corrected chi connectivity index (χ0v) is 10.5. The van der Waals surface area contributed by atoms with Gasteiger partial charge in [-0.2, -0.15) is 0 Å². The molecule has 2 rings (SSSR count). The topological polar surface area (TPSA) is 37.8 Å². The average molecular weight is 218 g/mol. The van der Waals surface area contributed by atoms with Crippen LogP contribution in [0.25, 0.3) is 5.69 Å². The van der Waals surface area contributed by atoms with Gasteiger partial charge in [0.25, 0.3) is 5.56 Å². The van der Waals surface area contributed by atoms with Crippen molar-refractivity contribution in [3.63, 3.8) is 0 Å². The largest absolute Gasteiger partial charge is 0.283 e. The van der Waals surface area contributed by atoms with Crippen molar-refractivity contribution in [1.29, 1.82) is 0 Å². The van der Waals surface area contributed by atoms with Gasteiger partial charge in [-0.1, -0.05) is 29.8 Å². The van der Waals surface area contributed by atoms with E-state index in [0.717, 1.165) is 5.69 Å². The Hall–Kier alpha value is -0.480. The third-order valence-electron chi connectivity index (χ3n) is 1.72. The van der Waals surface area contributed by atoms with Crippen LogP contribution in [0.3, 0.4) is 0 Å². The molecule has 0 saturated heterocycles. The number of benzene rings is 1. The molecule has 1 N–H and O–H groups in total. The monoisotopic (exact) mass is 217 g/mol. The predicted molar refractivity (Wildman–Crippen MR) is 57.2 cm³/mol. The molecule has 0 aliphatic carbocycles. The van der Waals surface area contributed by atoms with E-state index in [4.69, 9.17) is 11.6 Å². The van der Waals surface area contributed by atoms with Crippen molar-refractivity contribution in [2.75, 3.05) is 0 Å². The van der Waals surface area contributed by atoms with E-state index in [0.29, 0.717) is 0 Å². The first-order valence-corrected chi connectivity index (χ1v) is 4.18. The molecule has 67 valence electrons. The molecule has 1 heterocycles. The number of aromatic nitrogens is 2. The molecule has 0 bridgehead atoms. The van der Waals surface area contributed by atoms with Crippen LogP contribution in [-0.2, 0) is 0 Å². The van der Waals surface area contributed by atoms with Crippen LogP contribution in [0.5, 0.6) is 0 Å². The molecule has 0 aliphatic heterocycles. The number of para-hydroxylation sites is 1. The number of rotatable bonds is 1. The molecule has 1 radical (unpaired) electrons. The third kappa shape index (κ3) is 2.30. The Morgan fingerprint density at radius 2 is 1.86 bits per heavy atom. The number of nitrogens with one attached hydrogen (secondary N) is 1. The molecule has 0 unspecified atom stereocenters. The van der Waals surface area contributed by atoms with Gasteiger partial charge in [-0.3, -0.25) is 14.6 Å². The minimum atomic E-state index is -0.273. The summed E-state index contributed by atoms with van der Waals surface area (Å²) in [4.78, 5) is 11.0. The molecule has 0 spiro atoms. The fraction of sp³-hybridized carbons (Fsp3) is 0. The molecular formula is C9H7ClN2NaO. The van der Waals surface area contributed by atoms with Gasteiger partial charge in [0, 0.05) is 29.6 Å². The molecule has 0 amide bonds. The zero-order valence-electron chi connectivity index (χ0n) is 7.70. The van der Waals surface area contributed by atoms with Crippen LogP contribution >= 0.6 is 11.6 Å². The van der Waals surface area contributed by atoms with E-state index >= 15 is 0 Å². The summed E-state index contributed by atoms with van der Waals surface area (Å²) in [5, 5.41) is 2.79. The minimum Gasteiger partial charge on any atom is -0.266 e. The van der Waals surface area contributed by atoms with E-state index in [1.54, 1.807) is 10.9 Å². The summed E-state index contributed by atoms with van der Waals surface area (Å²) in [5.41, 5.74) is 0.608. The summed E-state index contributed by atoms with van der Waals surface area (Å²) in [6.45, 7) is 0. The Morgan fingerprint density at radius 3 is 2.36 bits per heavy atom. The zero-order chi connectivity index (χ0) is 9.26. The molecular weight excluding hydrogens is 211 g/mol. The Labute approximate surface area is 108 Å². The van der Waals surface area contributed by atoms with Gasteiger partial charge in [0.05, 0.1) is 11.9 Å². The number of aromatic amines is 1. The molecule has 1 aromatic heterocycles. The summed E-state index contributed by atoms with van der Waals surface area (Å²) in [6, 6.07) is 9.45. The second-order valence-electron chi connectivity index (χ2n) is 2.62. The maximum Gasteiger partial charge on any atom is 0.283 e. The van der Waals surface area contributed by atoms with Crippen LogP contribution in [0.2, 0.25) is 5.02 Å². The van der Waals surface area contributed by atoms with Gasteiger partial charge >= 0.3 is 0 Å². The first kappa shape index (κ1) is 11.6. The SMILES string of the molecule is O=c1[nH]n(-c2ccccc2)cc1Cl.[Na]. The Kier molecular flexibility index (Phi) is 4.01. The molecule has 2 aromatic rings. The van der Waals surface area contributed by atoms with Gasteiger partial charge in [-0.15, -0.1) is 0 Å². The average Bonchev–Trinajstić information content (AvgIpc) is 2.49. The fourth-order valence-electron chi connectivity index (χ4n) is 1.09. The Balaban J connectivity index is 0.000000980. The minimum absolute atomic E-state index is 0. The molecule has 5 heteroatoms. The quantitative estimate of drug-likeness (QED) is 0.722. The molecule has 1 aromatic carbocycles. The predicted octanol–water partition coefficient (Wildman–Crippen LogP) is 1.44. The van der Waals surface area contributed by atoms with Crippen molar-refractivity contribution in [3.8, 4) is 5.69 Å². The number of halogens is 1. The van der Waals surface area contributed by atoms with Gasteiger partial charge in [-0.25, -0.2) is 0 Å². The van der Waals surface area contributed by atoms with Crippen molar-refractivity contribution < 1.29 is 0 Å². The molecule has 0 aliphatic rings. The van der Waals surface area contributed by atoms with Gasteiger partial charge < -0.3 is 0 Å². The van der Waals surface area contributed by atoms with Crippen molar-refractivity contribution >= 4 is 41.2 Å². The van der Waals surface area contributed by atoms with E-state index in [9.17, 15) is 4.79 Å². The number of H-pyrrole nitrogens is 1. The van der Waals surface area contributed by atoms with E-state index in [1.807, 2.05) is 30.3 Å². The maximum absolute atomic E-state index is 11.0. The summed E-state index contributed by atoms with van der Waals surface area (Å²) >= 11 is 5.61. The van der Waals surface area contributed by atoms with Crippen molar-refractivity contribution in [2.45, 2.75) is 0 Å².